The molecule has 2 aromatic rings. The van der Waals surface area contributed by atoms with Gasteiger partial charge in [-0.1, -0.05) is 41.9 Å². The molecular weight excluding hydrogens is 469 g/mol. The quantitative estimate of drug-likeness (QED) is 0.540. The number of hydrogen-bond donors (Lipinski definition) is 1. The zero-order valence-corrected chi connectivity index (χ0v) is 16.8. The smallest absolute Gasteiger partial charge is 0.262 e. The number of hydrogen-bond acceptors (Lipinski definition) is 2. The van der Waals surface area contributed by atoms with Crippen LogP contribution in [0.2, 0.25) is 0 Å². The van der Waals surface area contributed by atoms with Crippen molar-refractivity contribution >= 4 is 50.1 Å². The number of carbonyl (C=O) groups excluding carboxylic acids is 1. The molecule has 0 aromatic heterocycles. The van der Waals surface area contributed by atoms with E-state index in [4.69, 9.17) is 4.74 Å². The maximum Gasteiger partial charge on any atom is 0.262 e. The molecule has 0 radical (unpaired) electrons. The van der Waals surface area contributed by atoms with Gasteiger partial charge >= 0.3 is 0 Å². The molecule has 0 fully saturated rings. The van der Waals surface area contributed by atoms with E-state index in [-0.39, 0.29) is 12.5 Å². The highest BCUT2D eigenvalue weighted by molar-refractivity contribution is 14.1. The van der Waals surface area contributed by atoms with Crippen molar-refractivity contribution in [3.05, 3.63) is 56.1 Å². The number of halogens is 2. The van der Waals surface area contributed by atoms with Gasteiger partial charge in [0.2, 0.25) is 0 Å². The van der Waals surface area contributed by atoms with E-state index < -0.39 is 0 Å². The van der Waals surface area contributed by atoms with Gasteiger partial charge in [-0.15, -0.1) is 0 Å². The molecular formula is C18H19BrINO2. The van der Waals surface area contributed by atoms with E-state index in [0.717, 1.165) is 20.2 Å². The minimum atomic E-state index is -0.170. The van der Waals surface area contributed by atoms with Gasteiger partial charge in [0.25, 0.3) is 5.91 Å². The van der Waals surface area contributed by atoms with Crippen molar-refractivity contribution in [1.82, 2.24) is 0 Å². The predicted octanol–water partition coefficient (Wildman–Crippen LogP) is 5.58. The Hall–Kier alpha value is -1.08. The van der Waals surface area contributed by atoms with E-state index in [1.807, 2.05) is 30.3 Å². The first-order valence-electron chi connectivity index (χ1n) is 7.47. The van der Waals surface area contributed by atoms with Gasteiger partial charge in [0.05, 0.1) is 5.69 Å². The van der Waals surface area contributed by atoms with Crippen LogP contribution in [0.25, 0.3) is 0 Å². The fourth-order valence-electron chi connectivity index (χ4n) is 2.05. The molecule has 0 bridgehead atoms. The fraction of sp³-hybridized carbons (Fsp3) is 0.278. The van der Waals surface area contributed by atoms with Crippen LogP contribution < -0.4 is 10.1 Å². The molecule has 0 aliphatic rings. The molecule has 2 rings (SSSR count). The second-order valence-corrected chi connectivity index (χ2v) is 7.42. The highest BCUT2D eigenvalue weighted by Crippen LogP contribution is 2.23. The van der Waals surface area contributed by atoms with Crippen LogP contribution in [-0.2, 0) is 4.79 Å². The second-order valence-electron chi connectivity index (χ2n) is 5.34. The number of anilines is 1. The average molecular weight is 488 g/mol. The molecule has 1 atom stereocenters. The second kappa shape index (κ2) is 8.68. The van der Waals surface area contributed by atoms with Crippen LogP contribution in [0, 0.1) is 3.57 Å². The van der Waals surface area contributed by atoms with E-state index in [1.54, 1.807) is 0 Å². The van der Waals surface area contributed by atoms with Crippen LogP contribution in [0.1, 0.15) is 31.7 Å². The number of nitrogens with one attached hydrogen (secondary N) is 1. The summed E-state index contributed by atoms with van der Waals surface area (Å²) in [5.74, 6) is 1.07. The standard InChI is InChI=1S/C18H19BrINO2/c1-3-12(2)13-4-7-15(8-5-13)23-11-18(22)21-17-9-6-14(19)10-16(17)20/h4-10,12H,3,11H2,1-2H3,(H,21,22). The molecule has 23 heavy (non-hydrogen) atoms. The van der Waals surface area contributed by atoms with Crippen LogP contribution in [0.15, 0.2) is 46.9 Å². The maximum absolute atomic E-state index is 12.0. The molecule has 0 spiro atoms. The molecule has 122 valence electrons. The largest absolute Gasteiger partial charge is 0.484 e. The lowest BCUT2D eigenvalue weighted by molar-refractivity contribution is -0.118. The summed E-state index contributed by atoms with van der Waals surface area (Å²) in [6, 6.07) is 13.6. The topological polar surface area (TPSA) is 38.3 Å². The van der Waals surface area contributed by atoms with Gasteiger partial charge in [-0.05, 0) is 70.8 Å². The van der Waals surface area contributed by atoms with Crippen LogP contribution in [0.4, 0.5) is 5.69 Å². The van der Waals surface area contributed by atoms with Crippen LogP contribution in [0.5, 0.6) is 5.75 Å². The van der Waals surface area contributed by atoms with Crippen molar-refractivity contribution in [2.24, 2.45) is 0 Å². The van der Waals surface area contributed by atoms with E-state index in [1.165, 1.54) is 5.56 Å². The Bertz CT molecular complexity index is 673. The van der Waals surface area contributed by atoms with Gasteiger partial charge < -0.3 is 10.1 Å². The van der Waals surface area contributed by atoms with Crippen LogP contribution in [-0.4, -0.2) is 12.5 Å². The van der Waals surface area contributed by atoms with Gasteiger partial charge in [0.1, 0.15) is 5.75 Å². The van der Waals surface area contributed by atoms with Crippen molar-refractivity contribution in [3.63, 3.8) is 0 Å². The molecule has 1 unspecified atom stereocenters. The third-order valence-corrected chi connectivity index (χ3v) is 5.02. The van der Waals surface area contributed by atoms with Crippen molar-refractivity contribution in [3.8, 4) is 5.75 Å². The Morgan fingerprint density at radius 3 is 2.57 bits per heavy atom. The van der Waals surface area contributed by atoms with E-state index in [0.29, 0.717) is 11.7 Å². The Labute approximate surface area is 159 Å². The van der Waals surface area contributed by atoms with Crippen molar-refractivity contribution < 1.29 is 9.53 Å². The van der Waals surface area contributed by atoms with E-state index >= 15 is 0 Å². The summed E-state index contributed by atoms with van der Waals surface area (Å²) in [4.78, 5) is 12.0. The summed E-state index contributed by atoms with van der Waals surface area (Å²) < 4.78 is 7.51. The molecule has 0 saturated carbocycles. The summed E-state index contributed by atoms with van der Waals surface area (Å²) in [5.41, 5.74) is 2.07. The highest BCUT2D eigenvalue weighted by Gasteiger charge is 2.08. The Kier molecular flexibility index (Phi) is 6.89. The molecule has 0 aliphatic heterocycles. The first-order chi connectivity index (χ1) is 11.0. The lowest BCUT2D eigenvalue weighted by Crippen LogP contribution is -2.20. The number of rotatable bonds is 6. The van der Waals surface area contributed by atoms with Crippen molar-refractivity contribution in [2.75, 3.05) is 11.9 Å². The zero-order valence-electron chi connectivity index (χ0n) is 13.1. The Balaban J connectivity index is 1.89. The lowest BCUT2D eigenvalue weighted by Gasteiger charge is -2.11. The minimum absolute atomic E-state index is 0.00514. The summed E-state index contributed by atoms with van der Waals surface area (Å²) in [5, 5.41) is 2.85. The number of amides is 1. The predicted molar refractivity (Wildman–Crippen MR) is 106 cm³/mol. The van der Waals surface area contributed by atoms with Gasteiger partial charge in [0.15, 0.2) is 6.61 Å². The van der Waals surface area contributed by atoms with Crippen LogP contribution in [0.3, 0.4) is 0 Å². The average Bonchev–Trinajstić information content (AvgIpc) is 2.55. The summed E-state index contributed by atoms with van der Waals surface area (Å²) in [6.45, 7) is 4.36. The van der Waals surface area contributed by atoms with E-state index in [9.17, 15) is 4.79 Å². The van der Waals surface area contributed by atoms with Crippen molar-refractivity contribution in [1.29, 1.82) is 0 Å². The maximum atomic E-state index is 12.0. The van der Waals surface area contributed by atoms with Gasteiger partial charge in [0, 0.05) is 8.04 Å². The first-order valence-corrected chi connectivity index (χ1v) is 9.34. The monoisotopic (exact) mass is 487 g/mol. The Morgan fingerprint density at radius 2 is 1.96 bits per heavy atom. The van der Waals surface area contributed by atoms with Crippen LogP contribution >= 0.6 is 38.5 Å². The van der Waals surface area contributed by atoms with Gasteiger partial charge in [-0.25, -0.2) is 0 Å². The summed E-state index contributed by atoms with van der Waals surface area (Å²) >= 11 is 5.59. The zero-order chi connectivity index (χ0) is 16.8. The molecule has 5 heteroatoms. The lowest BCUT2D eigenvalue weighted by atomic mass is 9.99. The summed E-state index contributed by atoms with van der Waals surface area (Å²) in [7, 11) is 0. The highest BCUT2D eigenvalue weighted by atomic mass is 127. The third kappa shape index (κ3) is 5.49. The number of carbonyl (C=O) groups is 1. The molecule has 0 aliphatic carbocycles. The first kappa shape index (κ1) is 18.3. The number of ether oxygens (including phenoxy) is 1. The van der Waals surface area contributed by atoms with Gasteiger partial charge in [-0.3, -0.25) is 4.79 Å². The Morgan fingerprint density at radius 1 is 1.26 bits per heavy atom. The third-order valence-electron chi connectivity index (χ3n) is 3.64. The molecule has 3 nitrogen and oxygen atoms in total. The SMILES string of the molecule is CCC(C)c1ccc(OCC(=O)Nc2ccc(Br)cc2I)cc1. The van der Waals surface area contributed by atoms with Gasteiger partial charge in [-0.2, -0.15) is 0 Å². The number of benzene rings is 2. The van der Waals surface area contributed by atoms with E-state index in [2.05, 4.69) is 69.8 Å². The molecule has 1 amide bonds. The van der Waals surface area contributed by atoms with Crippen molar-refractivity contribution in [2.45, 2.75) is 26.2 Å². The minimum Gasteiger partial charge on any atom is -0.484 e. The molecule has 1 N–H and O–H groups in total. The molecule has 2 aromatic carbocycles. The molecule has 0 saturated heterocycles. The molecule has 0 heterocycles. The fourth-order valence-corrected chi connectivity index (χ4v) is 3.49. The normalized spacial score (nSPS) is 11.8. The summed E-state index contributed by atoms with van der Waals surface area (Å²) in [6.07, 6.45) is 1.11.